The molecule has 0 aliphatic heterocycles. The third kappa shape index (κ3) is 6.44. The fourth-order valence-electron chi connectivity index (χ4n) is 1.57. The standard InChI is InChI=1S/C14H14Cl4N2O2/c1-8(7-9-5-3-2-4-6-9)12(19-13(21)10(15)16)20-14(22)11(17)18/h2-7,10-12H,1H3,(H,19,21)(H,20,22). The summed E-state index contributed by atoms with van der Waals surface area (Å²) in [6.45, 7) is 1.73. The molecule has 0 aliphatic carbocycles. The smallest absolute Gasteiger partial charge is 0.255 e. The summed E-state index contributed by atoms with van der Waals surface area (Å²) in [5, 5.41) is 5.00. The normalized spacial score (nSPS) is 11.9. The Morgan fingerprint density at radius 2 is 1.41 bits per heavy atom. The van der Waals surface area contributed by atoms with Crippen molar-refractivity contribution in [1.82, 2.24) is 10.6 Å². The van der Waals surface area contributed by atoms with Crippen LogP contribution in [0.5, 0.6) is 0 Å². The van der Waals surface area contributed by atoms with E-state index in [9.17, 15) is 9.59 Å². The lowest BCUT2D eigenvalue weighted by molar-refractivity contribution is -0.122. The summed E-state index contributed by atoms with van der Waals surface area (Å²) >= 11 is 22.0. The van der Waals surface area contributed by atoms with Crippen molar-refractivity contribution in [2.24, 2.45) is 0 Å². The van der Waals surface area contributed by atoms with Crippen molar-refractivity contribution in [3.8, 4) is 0 Å². The van der Waals surface area contributed by atoms with Crippen molar-refractivity contribution >= 4 is 64.3 Å². The SMILES string of the molecule is CC(=Cc1ccccc1)C(NC(=O)C(Cl)Cl)NC(=O)C(Cl)Cl. The lowest BCUT2D eigenvalue weighted by Gasteiger charge is -2.22. The van der Waals surface area contributed by atoms with E-state index in [0.29, 0.717) is 5.57 Å². The lowest BCUT2D eigenvalue weighted by Crippen LogP contribution is -2.51. The van der Waals surface area contributed by atoms with E-state index < -0.39 is 27.7 Å². The van der Waals surface area contributed by atoms with Crippen LogP contribution in [0.4, 0.5) is 0 Å². The Morgan fingerprint density at radius 1 is 0.955 bits per heavy atom. The number of amides is 2. The zero-order chi connectivity index (χ0) is 16.7. The topological polar surface area (TPSA) is 58.2 Å². The monoisotopic (exact) mass is 382 g/mol. The molecule has 120 valence electrons. The molecule has 1 aromatic rings. The Morgan fingerprint density at radius 3 is 1.82 bits per heavy atom. The molecule has 0 bridgehead atoms. The van der Waals surface area contributed by atoms with Gasteiger partial charge in [0.2, 0.25) is 0 Å². The van der Waals surface area contributed by atoms with E-state index in [4.69, 9.17) is 46.4 Å². The van der Waals surface area contributed by atoms with E-state index in [1.807, 2.05) is 30.3 Å². The maximum absolute atomic E-state index is 11.6. The Bertz CT molecular complexity index is 525. The molecule has 0 heterocycles. The molecule has 0 aliphatic rings. The Labute approximate surface area is 148 Å². The zero-order valence-corrected chi connectivity index (χ0v) is 14.5. The van der Waals surface area contributed by atoms with Crippen molar-refractivity contribution in [3.63, 3.8) is 0 Å². The summed E-state index contributed by atoms with van der Waals surface area (Å²) in [6.07, 6.45) is 0.959. The van der Waals surface area contributed by atoms with Crippen LogP contribution < -0.4 is 10.6 Å². The molecular weight excluding hydrogens is 370 g/mol. The largest absolute Gasteiger partial charge is 0.330 e. The highest BCUT2D eigenvalue weighted by Gasteiger charge is 2.22. The number of hydrogen-bond donors (Lipinski definition) is 2. The average Bonchev–Trinajstić information content (AvgIpc) is 2.46. The van der Waals surface area contributed by atoms with Crippen molar-refractivity contribution in [2.45, 2.75) is 22.8 Å². The van der Waals surface area contributed by atoms with Crippen LogP contribution in [0.1, 0.15) is 12.5 Å². The summed E-state index contributed by atoms with van der Waals surface area (Å²) in [6, 6.07) is 9.37. The lowest BCUT2D eigenvalue weighted by atomic mass is 10.1. The summed E-state index contributed by atoms with van der Waals surface area (Å²) < 4.78 is 0. The molecule has 1 aromatic carbocycles. The predicted octanol–water partition coefficient (Wildman–Crippen LogP) is 3.26. The number of halogens is 4. The number of benzene rings is 1. The second-order valence-corrected chi connectivity index (χ2v) is 6.54. The van der Waals surface area contributed by atoms with Crippen LogP contribution in [-0.2, 0) is 9.59 Å². The molecule has 0 atom stereocenters. The van der Waals surface area contributed by atoms with E-state index in [-0.39, 0.29) is 0 Å². The molecule has 0 fully saturated rings. The summed E-state index contributed by atoms with van der Waals surface area (Å²) in [4.78, 5) is 20.8. The Hall–Kier alpha value is -0.940. The summed E-state index contributed by atoms with van der Waals surface area (Å²) in [5.41, 5.74) is 1.55. The van der Waals surface area contributed by atoms with Gasteiger partial charge in [-0.3, -0.25) is 9.59 Å². The molecule has 0 spiro atoms. The number of rotatable bonds is 6. The number of carbonyl (C=O) groups excluding carboxylic acids is 2. The van der Waals surface area contributed by atoms with E-state index >= 15 is 0 Å². The maximum Gasteiger partial charge on any atom is 0.255 e. The minimum Gasteiger partial charge on any atom is -0.330 e. The molecular formula is C14H14Cl4N2O2. The minimum atomic E-state index is -1.26. The molecule has 0 saturated carbocycles. The molecule has 1 rings (SSSR count). The minimum absolute atomic E-state index is 0.643. The van der Waals surface area contributed by atoms with Gasteiger partial charge in [0.05, 0.1) is 0 Å². The fraction of sp³-hybridized carbons (Fsp3) is 0.286. The molecule has 0 aromatic heterocycles. The first-order valence-electron chi connectivity index (χ1n) is 6.21. The molecule has 0 unspecified atom stereocenters. The maximum atomic E-state index is 11.6. The summed E-state index contributed by atoms with van der Waals surface area (Å²) in [7, 11) is 0. The van der Waals surface area contributed by atoms with Gasteiger partial charge in [-0.15, -0.1) is 0 Å². The van der Waals surface area contributed by atoms with Crippen molar-refractivity contribution < 1.29 is 9.59 Å². The van der Waals surface area contributed by atoms with Crippen LogP contribution >= 0.6 is 46.4 Å². The number of nitrogens with one attached hydrogen (secondary N) is 2. The first kappa shape index (κ1) is 19.1. The van der Waals surface area contributed by atoms with E-state index in [1.165, 1.54) is 0 Å². The first-order valence-corrected chi connectivity index (χ1v) is 7.96. The third-order valence-electron chi connectivity index (χ3n) is 2.62. The van der Waals surface area contributed by atoms with Gasteiger partial charge in [0.15, 0.2) is 9.67 Å². The highest BCUT2D eigenvalue weighted by Crippen LogP contribution is 2.11. The molecule has 8 heteroatoms. The van der Waals surface area contributed by atoms with E-state index in [0.717, 1.165) is 5.56 Å². The highest BCUT2D eigenvalue weighted by atomic mass is 35.5. The Balaban J connectivity index is 2.95. The highest BCUT2D eigenvalue weighted by molar-refractivity contribution is 6.54. The van der Waals surface area contributed by atoms with Crippen LogP contribution in [0.3, 0.4) is 0 Å². The quantitative estimate of drug-likeness (QED) is 0.585. The van der Waals surface area contributed by atoms with Crippen molar-refractivity contribution in [1.29, 1.82) is 0 Å². The van der Waals surface area contributed by atoms with Gasteiger partial charge in [-0.2, -0.15) is 0 Å². The number of carbonyl (C=O) groups is 2. The van der Waals surface area contributed by atoms with Gasteiger partial charge in [0.1, 0.15) is 6.17 Å². The van der Waals surface area contributed by atoms with E-state index in [1.54, 1.807) is 13.0 Å². The van der Waals surface area contributed by atoms with Gasteiger partial charge in [-0.1, -0.05) is 82.8 Å². The van der Waals surface area contributed by atoms with Crippen LogP contribution in [0, 0.1) is 0 Å². The van der Waals surface area contributed by atoms with Gasteiger partial charge < -0.3 is 10.6 Å². The average molecular weight is 384 g/mol. The molecule has 0 saturated heterocycles. The van der Waals surface area contributed by atoms with Gasteiger partial charge in [-0.25, -0.2) is 0 Å². The van der Waals surface area contributed by atoms with E-state index in [2.05, 4.69) is 10.6 Å². The number of hydrogen-bond acceptors (Lipinski definition) is 2. The Kier molecular flexibility index (Phi) is 8.04. The van der Waals surface area contributed by atoms with Gasteiger partial charge in [0, 0.05) is 0 Å². The molecule has 4 nitrogen and oxygen atoms in total. The third-order valence-corrected chi connectivity index (χ3v) is 3.41. The molecule has 0 radical (unpaired) electrons. The van der Waals surface area contributed by atoms with Crippen LogP contribution in [-0.4, -0.2) is 27.7 Å². The van der Waals surface area contributed by atoms with Gasteiger partial charge in [0.25, 0.3) is 11.8 Å². The van der Waals surface area contributed by atoms with Crippen LogP contribution in [0.15, 0.2) is 35.9 Å². The second kappa shape index (κ2) is 9.26. The van der Waals surface area contributed by atoms with Crippen LogP contribution in [0.2, 0.25) is 0 Å². The van der Waals surface area contributed by atoms with Crippen molar-refractivity contribution in [2.75, 3.05) is 0 Å². The van der Waals surface area contributed by atoms with Crippen LogP contribution in [0.25, 0.3) is 6.08 Å². The summed E-state index contributed by atoms with van der Waals surface area (Å²) in [5.74, 6) is -1.29. The number of alkyl halides is 4. The van der Waals surface area contributed by atoms with Gasteiger partial charge >= 0.3 is 0 Å². The zero-order valence-electron chi connectivity index (χ0n) is 11.5. The van der Waals surface area contributed by atoms with Gasteiger partial charge in [-0.05, 0) is 18.1 Å². The molecule has 2 amide bonds. The molecule has 22 heavy (non-hydrogen) atoms. The van der Waals surface area contributed by atoms with Crippen molar-refractivity contribution in [3.05, 3.63) is 41.5 Å². The molecule has 2 N–H and O–H groups in total. The predicted molar refractivity (Wildman–Crippen MR) is 91.2 cm³/mol. The first-order chi connectivity index (χ1) is 10.3. The second-order valence-electron chi connectivity index (χ2n) is 4.35. The fourth-order valence-corrected chi connectivity index (χ4v) is 1.82.